The second kappa shape index (κ2) is 10.2. The molecule has 4 nitrogen and oxygen atoms in total. The third-order valence-corrected chi connectivity index (χ3v) is 6.66. The van der Waals surface area contributed by atoms with Crippen LogP contribution in [-0.4, -0.2) is 35.8 Å². The van der Waals surface area contributed by atoms with E-state index in [0.29, 0.717) is 30.6 Å². The van der Waals surface area contributed by atoms with Gasteiger partial charge in [-0.05, 0) is 38.0 Å². The smallest absolute Gasteiger partial charge is 0.223 e. The van der Waals surface area contributed by atoms with Crippen LogP contribution < -0.4 is 5.32 Å². The molecule has 3 aliphatic rings. The maximum absolute atomic E-state index is 13.1. The number of nitrogens with zero attached hydrogens (tertiary/aromatic N) is 1. The molecule has 4 unspecified atom stereocenters. The van der Waals surface area contributed by atoms with Crippen molar-refractivity contribution in [1.82, 2.24) is 10.2 Å². The minimum atomic E-state index is 0.0133. The number of nitrogens with one attached hydrogen (secondary N) is 1. The van der Waals surface area contributed by atoms with Crippen LogP contribution in [0.4, 0.5) is 0 Å². The summed E-state index contributed by atoms with van der Waals surface area (Å²) in [6.07, 6.45) is 12.3. The number of unbranched alkanes of at least 4 members (excludes halogenated alkanes) is 1. The highest BCUT2D eigenvalue weighted by molar-refractivity contribution is 5.84. The van der Waals surface area contributed by atoms with Gasteiger partial charge < -0.3 is 10.2 Å². The Kier molecular flexibility index (Phi) is 7.61. The number of carbonyl (C=O) groups is 2. The van der Waals surface area contributed by atoms with E-state index in [1.54, 1.807) is 0 Å². The van der Waals surface area contributed by atoms with Crippen LogP contribution in [0.3, 0.4) is 0 Å². The quantitative estimate of drug-likeness (QED) is 0.568. The van der Waals surface area contributed by atoms with Gasteiger partial charge in [-0.1, -0.05) is 50.9 Å². The molecule has 0 aromatic carbocycles. The van der Waals surface area contributed by atoms with Crippen LogP contribution in [0.25, 0.3) is 0 Å². The summed E-state index contributed by atoms with van der Waals surface area (Å²) >= 11 is 0. The zero-order valence-corrected chi connectivity index (χ0v) is 17.0. The van der Waals surface area contributed by atoms with Crippen molar-refractivity contribution in [3.63, 3.8) is 0 Å². The molecular weight excluding hydrogens is 336 g/mol. The van der Waals surface area contributed by atoms with E-state index in [1.165, 1.54) is 38.5 Å². The van der Waals surface area contributed by atoms with Crippen LogP contribution in [0, 0.1) is 29.6 Å². The van der Waals surface area contributed by atoms with Crippen molar-refractivity contribution in [3.05, 3.63) is 0 Å². The predicted octanol–water partition coefficient (Wildman–Crippen LogP) is 3.89. The molecule has 1 aliphatic heterocycles. The highest BCUT2D eigenvalue weighted by Crippen LogP contribution is 2.36. The van der Waals surface area contributed by atoms with E-state index in [-0.39, 0.29) is 17.9 Å². The van der Waals surface area contributed by atoms with Crippen LogP contribution in [-0.2, 0) is 9.59 Å². The van der Waals surface area contributed by atoms with Gasteiger partial charge in [-0.15, -0.1) is 0 Å². The summed E-state index contributed by atoms with van der Waals surface area (Å²) in [5.74, 6) is 8.71. The molecule has 2 saturated carbocycles. The highest BCUT2D eigenvalue weighted by atomic mass is 16.2. The van der Waals surface area contributed by atoms with E-state index >= 15 is 0 Å². The molecule has 1 heterocycles. The first-order chi connectivity index (χ1) is 13.2. The Labute approximate surface area is 164 Å². The molecule has 3 rings (SSSR count). The Morgan fingerprint density at radius 3 is 2.48 bits per heavy atom. The summed E-state index contributed by atoms with van der Waals surface area (Å²) in [4.78, 5) is 27.3. The van der Waals surface area contributed by atoms with Gasteiger partial charge in [0, 0.05) is 43.8 Å². The van der Waals surface area contributed by atoms with Crippen molar-refractivity contribution in [2.45, 2.75) is 90.0 Å². The summed E-state index contributed by atoms with van der Waals surface area (Å²) in [6.45, 7) is 3.69. The van der Waals surface area contributed by atoms with Crippen LogP contribution in [0.15, 0.2) is 0 Å². The van der Waals surface area contributed by atoms with Crippen molar-refractivity contribution in [2.75, 3.05) is 13.1 Å². The Hall–Kier alpha value is -1.50. The van der Waals surface area contributed by atoms with Crippen molar-refractivity contribution >= 4 is 11.8 Å². The molecule has 150 valence electrons. The Balaban J connectivity index is 1.64. The van der Waals surface area contributed by atoms with E-state index in [2.05, 4.69) is 29.0 Å². The van der Waals surface area contributed by atoms with Crippen molar-refractivity contribution in [3.8, 4) is 11.8 Å². The van der Waals surface area contributed by atoms with E-state index < -0.39 is 0 Å². The molecule has 1 N–H and O–H groups in total. The molecule has 0 saturated heterocycles. The fourth-order valence-electron chi connectivity index (χ4n) is 5.01. The third kappa shape index (κ3) is 5.50. The normalized spacial score (nSPS) is 30.0. The SMILES string of the molecule is CCCCNC(=O)CCC(=O)N1CC2CCCCC2C#CC2CCCCC21. The molecule has 2 amide bonds. The van der Waals surface area contributed by atoms with Gasteiger partial charge in [0.25, 0.3) is 0 Å². The molecule has 0 radical (unpaired) electrons. The first kappa shape index (κ1) is 20.2. The summed E-state index contributed by atoms with van der Waals surface area (Å²) in [7, 11) is 0. The number of fused-ring (bicyclic) bond motifs is 2. The van der Waals surface area contributed by atoms with Crippen molar-refractivity contribution < 1.29 is 9.59 Å². The fourth-order valence-corrected chi connectivity index (χ4v) is 5.01. The Morgan fingerprint density at radius 1 is 0.963 bits per heavy atom. The lowest BCUT2D eigenvalue weighted by Crippen LogP contribution is -2.50. The highest BCUT2D eigenvalue weighted by Gasteiger charge is 2.37. The number of hydrogen-bond donors (Lipinski definition) is 1. The average Bonchev–Trinajstić information content (AvgIpc) is 2.68. The lowest BCUT2D eigenvalue weighted by atomic mass is 9.75. The summed E-state index contributed by atoms with van der Waals surface area (Å²) in [6, 6.07) is 0.268. The first-order valence-electron chi connectivity index (χ1n) is 11.3. The van der Waals surface area contributed by atoms with Crippen LogP contribution in [0.2, 0.25) is 0 Å². The first-order valence-corrected chi connectivity index (χ1v) is 11.3. The molecule has 4 heteroatoms. The van der Waals surface area contributed by atoms with Gasteiger partial charge in [0.05, 0.1) is 0 Å². The minimum Gasteiger partial charge on any atom is -0.356 e. The van der Waals surface area contributed by atoms with Gasteiger partial charge in [0.2, 0.25) is 11.8 Å². The molecule has 27 heavy (non-hydrogen) atoms. The monoisotopic (exact) mass is 372 g/mol. The molecule has 0 aromatic rings. The zero-order chi connectivity index (χ0) is 19.1. The number of carbonyl (C=O) groups excluding carboxylic acids is 2. The van der Waals surface area contributed by atoms with Crippen LogP contribution >= 0.6 is 0 Å². The Morgan fingerprint density at radius 2 is 1.67 bits per heavy atom. The van der Waals surface area contributed by atoms with Crippen molar-refractivity contribution in [2.24, 2.45) is 17.8 Å². The fraction of sp³-hybridized carbons (Fsp3) is 0.826. The van der Waals surface area contributed by atoms with Crippen LogP contribution in [0.5, 0.6) is 0 Å². The van der Waals surface area contributed by atoms with E-state index in [1.807, 2.05) is 0 Å². The largest absolute Gasteiger partial charge is 0.356 e. The van der Waals surface area contributed by atoms with E-state index in [9.17, 15) is 9.59 Å². The van der Waals surface area contributed by atoms with Gasteiger partial charge in [-0.3, -0.25) is 9.59 Å². The second-order valence-corrected chi connectivity index (χ2v) is 8.65. The predicted molar refractivity (Wildman–Crippen MR) is 108 cm³/mol. The van der Waals surface area contributed by atoms with E-state index in [0.717, 1.165) is 38.8 Å². The molecule has 0 spiro atoms. The van der Waals surface area contributed by atoms with Gasteiger partial charge >= 0.3 is 0 Å². The van der Waals surface area contributed by atoms with Gasteiger partial charge in [0.1, 0.15) is 0 Å². The topological polar surface area (TPSA) is 49.4 Å². The third-order valence-electron chi connectivity index (χ3n) is 6.66. The molecule has 2 aliphatic carbocycles. The lowest BCUT2D eigenvalue weighted by Gasteiger charge is -2.43. The second-order valence-electron chi connectivity index (χ2n) is 8.65. The summed E-state index contributed by atoms with van der Waals surface area (Å²) < 4.78 is 0. The maximum atomic E-state index is 13.1. The zero-order valence-electron chi connectivity index (χ0n) is 17.0. The number of rotatable bonds is 6. The lowest BCUT2D eigenvalue weighted by molar-refractivity contribution is -0.138. The van der Waals surface area contributed by atoms with Gasteiger partial charge in [-0.25, -0.2) is 0 Å². The maximum Gasteiger partial charge on any atom is 0.223 e. The molecule has 4 atom stereocenters. The van der Waals surface area contributed by atoms with Gasteiger partial charge in [-0.2, -0.15) is 0 Å². The Bertz CT molecular complexity index is 577. The van der Waals surface area contributed by atoms with Gasteiger partial charge in [0.15, 0.2) is 0 Å². The number of amides is 2. The molecular formula is C23H36N2O2. The molecule has 0 bridgehead atoms. The molecule has 2 fully saturated rings. The molecule has 0 aromatic heterocycles. The van der Waals surface area contributed by atoms with E-state index in [4.69, 9.17) is 0 Å². The standard InChI is InChI=1S/C23H36N2O2/c1-2-3-16-24-22(26)14-15-23(27)25-17-20-10-5-4-8-18(20)12-13-19-9-6-7-11-21(19)25/h18-21H,2-11,14-17H2,1H3,(H,24,26). The summed E-state index contributed by atoms with van der Waals surface area (Å²) in [5, 5.41) is 2.93. The average molecular weight is 373 g/mol. The number of hydrogen-bond acceptors (Lipinski definition) is 2. The summed E-state index contributed by atoms with van der Waals surface area (Å²) in [5.41, 5.74) is 0. The van der Waals surface area contributed by atoms with Crippen LogP contribution in [0.1, 0.15) is 84.0 Å². The van der Waals surface area contributed by atoms with Crippen molar-refractivity contribution in [1.29, 1.82) is 0 Å². The minimum absolute atomic E-state index is 0.0133.